The number of aromatic nitrogens is 3. The lowest BCUT2D eigenvalue weighted by Crippen LogP contribution is -2.11. The number of hydrogen-bond donors (Lipinski definition) is 1. The van der Waals surface area contributed by atoms with Crippen LogP contribution < -0.4 is 5.73 Å². The fraction of sp³-hybridized carbons (Fsp3) is 0.111. The lowest BCUT2D eigenvalue weighted by molar-refractivity contribution is -0.137. The molecule has 0 aliphatic carbocycles. The predicted molar refractivity (Wildman–Crippen MR) is 58.5 cm³/mol. The molecule has 0 saturated carbocycles. The van der Waals surface area contributed by atoms with Gasteiger partial charge in [-0.1, -0.05) is 12.1 Å². The minimum atomic E-state index is -4.46. The van der Waals surface area contributed by atoms with Crippen molar-refractivity contribution in [1.82, 2.24) is 14.8 Å². The van der Waals surface area contributed by atoms with E-state index in [1.165, 1.54) is 18.2 Å². The van der Waals surface area contributed by atoms with Crippen LogP contribution in [0.15, 0.2) is 29.0 Å². The molecule has 0 aliphatic rings. The van der Waals surface area contributed by atoms with E-state index in [-0.39, 0.29) is 16.4 Å². The first-order valence-electron chi connectivity index (χ1n) is 4.44. The summed E-state index contributed by atoms with van der Waals surface area (Å²) in [6.45, 7) is 0. The van der Waals surface area contributed by atoms with Crippen LogP contribution in [0.5, 0.6) is 0 Å². The largest absolute Gasteiger partial charge is 0.418 e. The Morgan fingerprint density at radius 1 is 1.24 bits per heavy atom. The first kappa shape index (κ1) is 11.9. The summed E-state index contributed by atoms with van der Waals surface area (Å²) in [7, 11) is 0. The minimum Gasteiger partial charge on any atom is -0.366 e. The molecule has 4 nitrogen and oxygen atoms in total. The third-order valence-corrected chi connectivity index (χ3v) is 2.53. The third kappa shape index (κ3) is 2.26. The number of benzene rings is 1. The number of rotatable bonds is 1. The van der Waals surface area contributed by atoms with Crippen molar-refractivity contribution >= 4 is 21.9 Å². The Hall–Kier alpha value is -1.57. The number of nitrogen functional groups attached to an aromatic ring is 1. The summed E-state index contributed by atoms with van der Waals surface area (Å²) >= 11 is 3.00. The van der Waals surface area contributed by atoms with Crippen LogP contribution in [0.1, 0.15) is 5.56 Å². The molecule has 0 radical (unpaired) electrons. The fourth-order valence-electron chi connectivity index (χ4n) is 1.36. The summed E-state index contributed by atoms with van der Waals surface area (Å²) in [5, 5.41) is 3.69. The van der Waals surface area contributed by atoms with Gasteiger partial charge < -0.3 is 5.73 Å². The van der Waals surface area contributed by atoms with Gasteiger partial charge in [0.2, 0.25) is 10.7 Å². The molecule has 2 aromatic rings. The smallest absolute Gasteiger partial charge is 0.366 e. The fourth-order valence-corrected chi connectivity index (χ4v) is 1.81. The van der Waals surface area contributed by atoms with Gasteiger partial charge in [-0.3, -0.25) is 0 Å². The van der Waals surface area contributed by atoms with Gasteiger partial charge in [0.25, 0.3) is 0 Å². The lowest BCUT2D eigenvalue weighted by Gasteiger charge is -2.12. The molecule has 0 bridgehead atoms. The second-order valence-corrected chi connectivity index (χ2v) is 3.88. The molecule has 1 aromatic carbocycles. The summed E-state index contributed by atoms with van der Waals surface area (Å²) in [5.74, 6) is -0.103. The van der Waals surface area contributed by atoms with Crippen LogP contribution in [0.2, 0.25) is 0 Å². The molecule has 0 amide bonds. The van der Waals surface area contributed by atoms with Gasteiger partial charge in [0.1, 0.15) is 0 Å². The highest BCUT2D eigenvalue weighted by molar-refractivity contribution is 9.10. The zero-order valence-electron chi connectivity index (χ0n) is 8.24. The van der Waals surface area contributed by atoms with Crippen LogP contribution in [-0.2, 0) is 6.18 Å². The van der Waals surface area contributed by atoms with Gasteiger partial charge in [-0.15, -0.1) is 5.10 Å². The van der Waals surface area contributed by atoms with Crippen molar-refractivity contribution in [2.24, 2.45) is 0 Å². The van der Waals surface area contributed by atoms with Gasteiger partial charge in [0, 0.05) is 0 Å². The molecule has 0 atom stereocenters. The third-order valence-electron chi connectivity index (χ3n) is 2.02. The average molecular weight is 307 g/mol. The number of nitrogens with two attached hydrogens (primary N) is 1. The Labute approximate surface area is 102 Å². The van der Waals surface area contributed by atoms with Gasteiger partial charge >= 0.3 is 6.18 Å². The predicted octanol–water partition coefficient (Wildman–Crippen LogP) is 2.63. The summed E-state index contributed by atoms with van der Waals surface area (Å²) in [6, 6.07) is 5.05. The lowest BCUT2D eigenvalue weighted by atomic mass is 10.2. The van der Waals surface area contributed by atoms with E-state index in [0.29, 0.717) is 0 Å². The topological polar surface area (TPSA) is 56.7 Å². The van der Waals surface area contributed by atoms with Crippen molar-refractivity contribution in [3.63, 3.8) is 0 Å². The summed E-state index contributed by atoms with van der Waals surface area (Å²) in [5.41, 5.74) is 4.39. The highest BCUT2D eigenvalue weighted by Crippen LogP contribution is 2.34. The van der Waals surface area contributed by atoms with Crippen LogP contribution >= 0.6 is 15.9 Å². The highest BCUT2D eigenvalue weighted by Gasteiger charge is 2.34. The van der Waals surface area contributed by atoms with Crippen molar-refractivity contribution in [3.05, 3.63) is 34.6 Å². The first-order valence-corrected chi connectivity index (χ1v) is 5.23. The molecule has 17 heavy (non-hydrogen) atoms. The number of halogens is 4. The summed E-state index contributed by atoms with van der Waals surface area (Å²) in [4.78, 5) is 3.69. The Bertz CT molecular complexity index is 549. The van der Waals surface area contributed by atoms with E-state index in [1.54, 1.807) is 0 Å². The maximum Gasteiger partial charge on any atom is 0.418 e. The van der Waals surface area contributed by atoms with E-state index in [0.717, 1.165) is 10.7 Å². The van der Waals surface area contributed by atoms with Crippen LogP contribution in [0.3, 0.4) is 0 Å². The maximum absolute atomic E-state index is 12.8. The Balaban J connectivity index is 2.64. The van der Waals surface area contributed by atoms with Gasteiger partial charge in [-0.2, -0.15) is 18.2 Å². The number of para-hydroxylation sites is 1. The van der Waals surface area contributed by atoms with E-state index >= 15 is 0 Å². The van der Waals surface area contributed by atoms with E-state index in [4.69, 9.17) is 5.73 Å². The Morgan fingerprint density at radius 3 is 2.41 bits per heavy atom. The van der Waals surface area contributed by atoms with Gasteiger partial charge in [-0.05, 0) is 28.1 Å². The standard InChI is InChI=1S/C9H6BrF3N4/c10-7-15-8(14)16-17(7)6-4-2-1-3-5(6)9(11,12)13/h1-4H,(H2,14,16). The molecular weight excluding hydrogens is 301 g/mol. The second kappa shape index (κ2) is 4.02. The molecule has 1 heterocycles. The molecule has 0 unspecified atom stereocenters. The summed E-state index contributed by atoms with van der Waals surface area (Å²) in [6.07, 6.45) is -4.46. The number of hydrogen-bond acceptors (Lipinski definition) is 3. The quantitative estimate of drug-likeness (QED) is 0.881. The van der Waals surface area contributed by atoms with Crippen molar-refractivity contribution in [2.45, 2.75) is 6.18 Å². The molecule has 2 rings (SSSR count). The van der Waals surface area contributed by atoms with Crippen LogP contribution in [0.4, 0.5) is 19.1 Å². The van der Waals surface area contributed by atoms with Crippen molar-refractivity contribution in [2.75, 3.05) is 5.73 Å². The normalized spacial score (nSPS) is 11.8. The number of anilines is 1. The SMILES string of the molecule is Nc1nc(Br)n(-c2ccccc2C(F)(F)F)n1. The molecule has 0 saturated heterocycles. The zero-order valence-corrected chi connectivity index (χ0v) is 9.83. The Morgan fingerprint density at radius 2 is 1.88 bits per heavy atom. The molecule has 0 fully saturated rings. The van der Waals surface area contributed by atoms with E-state index in [9.17, 15) is 13.2 Å². The Kier molecular flexibility index (Phi) is 2.82. The molecule has 90 valence electrons. The van der Waals surface area contributed by atoms with Crippen LogP contribution in [-0.4, -0.2) is 14.8 Å². The molecule has 0 spiro atoms. The number of nitrogens with zero attached hydrogens (tertiary/aromatic N) is 3. The van der Waals surface area contributed by atoms with E-state index in [1.807, 2.05) is 0 Å². The summed E-state index contributed by atoms with van der Waals surface area (Å²) < 4.78 is 39.4. The number of alkyl halides is 3. The van der Waals surface area contributed by atoms with E-state index < -0.39 is 11.7 Å². The molecule has 0 aliphatic heterocycles. The van der Waals surface area contributed by atoms with Gasteiger partial charge in [0.15, 0.2) is 0 Å². The minimum absolute atomic E-state index is 0.103. The van der Waals surface area contributed by atoms with Crippen molar-refractivity contribution in [3.8, 4) is 5.69 Å². The van der Waals surface area contributed by atoms with Crippen molar-refractivity contribution in [1.29, 1.82) is 0 Å². The van der Waals surface area contributed by atoms with Gasteiger partial charge in [-0.25, -0.2) is 4.68 Å². The van der Waals surface area contributed by atoms with Gasteiger partial charge in [0.05, 0.1) is 11.3 Å². The molecule has 2 N–H and O–H groups in total. The average Bonchev–Trinajstić information content (AvgIpc) is 2.56. The van der Waals surface area contributed by atoms with Crippen molar-refractivity contribution < 1.29 is 13.2 Å². The maximum atomic E-state index is 12.8. The van der Waals surface area contributed by atoms with Crippen LogP contribution in [0.25, 0.3) is 5.69 Å². The monoisotopic (exact) mass is 306 g/mol. The second-order valence-electron chi connectivity index (χ2n) is 3.17. The van der Waals surface area contributed by atoms with E-state index in [2.05, 4.69) is 26.0 Å². The zero-order chi connectivity index (χ0) is 12.6. The van der Waals surface area contributed by atoms with Crippen LogP contribution in [0, 0.1) is 0 Å². The molecular formula is C9H6BrF3N4. The molecule has 1 aromatic heterocycles. The molecule has 8 heteroatoms. The highest BCUT2D eigenvalue weighted by atomic mass is 79.9. The first-order chi connectivity index (χ1) is 7.89.